The zero-order chi connectivity index (χ0) is 14.3. The Hall–Kier alpha value is -1.49. The molecule has 1 aromatic rings. The van der Waals surface area contributed by atoms with Gasteiger partial charge in [0.05, 0.1) is 4.87 Å². The van der Waals surface area contributed by atoms with Gasteiger partial charge in [-0.15, -0.1) is 11.8 Å². The number of hydrogen-bond donors (Lipinski definition) is 1. The molecule has 1 aromatic carbocycles. The van der Waals surface area contributed by atoms with Gasteiger partial charge in [0.15, 0.2) is 0 Å². The van der Waals surface area contributed by atoms with Gasteiger partial charge in [0.1, 0.15) is 6.04 Å². The lowest BCUT2D eigenvalue weighted by Crippen LogP contribution is -2.48. The lowest BCUT2D eigenvalue weighted by Gasteiger charge is -2.29. The van der Waals surface area contributed by atoms with Gasteiger partial charge in [-0.3, -0.25) is 9.59 Å². The average Bonchev–Trinajstić information content (AvgIpc) is 2.87. The molecule has 0 aromatic heterocycles. The van der Waals surface area contributed by atoms with Gasteiger partial charge in [0.25, 0.3) is 0 Å². The van der Waals surface area contributed by atoms with Crippen molar-refractivity contribution in [1.29, 1.82) is 0 Å². The topological polar surface area (TPSA) is 49.4 Å². The van der Waals surface area contributed by atoms with Crippen LogP contribution in [0.3, 0.4) is 0 Å². The van der Waals surface area contributed by atoms with Gasteiger partial charge in [-0.2, -0.15) is 0 Å². The van der Waals surface area contributed by atoms with Crippen molar-refractivity contribution in [1.82, 2.24) is 4.90 Å². The standard InChI is InChI=1S/C15H18N2O2S/c1-10-4-3-5-11(8-10)16-14(19)12-9-20-15(2)7-6-13(18)17(12)15/h3-5,8,12H,6-7,9H2,1-2H3,(H,16,19)/t12-,15-/m1/s1. The van der Waals surface area contributed by atoms with Gasteiger partial charge < -0.3 is 10.2 Å². The summed E-state index contributed by atoms with van der Waals surface area (Å²) in [6.07, 6.45) is 1.39. The van der Waals surface area contributed by atoms with E-state index >= 15 is 0 Å². The van der Waals surface area contributed by atoms with E-state index in [2.05, 4.69) is 12.2 Å². The zero-order valence-electron chi connectivity index (χ0n) is 11.7. The summed E-state index contributed by atoms with van der Waals surface area (Å²) in [5.41, 5.74) is 1.89. The Morgan fingerprint density at radius 1 is 1.50 bits per heavy atom. The summed E-state index contributed by atoms with van der Waals surface area (Å²) in [6.45, 7) is 4.05. The van der Waals surface area contributed by atoms with Crippen molar-refractivity contribution in [2.24, 2.45) is 0 Å². The van der Waals surface area contributed by atoms with Gasteiger partial charge >= 0.3 is 0 Å². The quantitative estimate of drug-likeness (QED) is 0.910. The molecule has 2 fully saturated rings. The second kappa shape index (κ2) is 4.81. The number of thioether (sulfide) groups is 1. The number of rotatable bonds is 2. The molecule has 0 bridgehead atoms. The molecule has 2 amide bonds. The third kappa shape index (κ3) is 2.20. The maximum atomic E-state index is 12.4. The number of carbonyl (C=O) groups is 2. The van der Waals surface area contributed by atoms with Gasteiger partial charge in [-0.25, -0.2) is 0 Å². The second-order valence-electron chi connectivity index (χ2n) is 5.62. The van der Waals surface area contributed by atoms with E-state index in [1.54, 1.807) is 16.7 Å². The minimum Gasteiger partial charge on any atom is -0.324 e. The number of hydrogen-bond acceptors (Lipinski definition) is 3. The van der Waals surface area contributed by atoms with Crippen LogP contribution >= 0.6 is 11.8 Å². The van der Waals surface area contributed by atoms with Crippen LogP contribution in [0.5, 0.6) is 0 Å². The number of nitrogens with zero attached hydrogens (tertiary/aromatic N) is 1. The van der Waals surface area contributed by atoms with Crippen LogP contribution in [0.2, 0.25) is 0 Å². The highest BCUT2D eigenvalue weighted by Crippen LogP contribution is 2.47. The fourth-order valence-electron chi connectivity index (χ4n) is 2.96. The first-order chi connectivity index (χ1) is 9.49. The molecule has 2 saturated heterocycles. The van der Waals surface area contributed by atoms with Crippen molar-refractivity contribution in [3.8, 4) is 0 Å². The summed E-state index contributed by atoms with van der Waals surface area (Å²) < 4.78 is 0. The largest absolute Gasteiger partial charge is 0.324 e. The predicted octanol–water partition coefficient (Wildman–Crippen LogP) is 2.39. The molecule has 3 rings (SSSR count). The highest BCUT2D eigenvalue weighted by atomic mass is 32.2. The molecule has 0 radical (unpaired) electrons. The molecule has 1 N–H and O–H groups in total. The Labute approximate surface area is 122 Å². The first-order valence-corrected chi connectivity index (χ1v) is 7.82. The van der Waals surface area contributed by atoms with Crippen LogP contribution in [0, 0.1) is 6.92 Å². The van der Waals surface area contributed by atoms with Crippen LogP contribution < -0.4 is 5.32 Å². The number of amides is 2. The van der Waals surface area contributed by atoms with E-state index < -0.39 is 0 Å². The minimum atomic E-state index is -0.347. The lowest BCUT2D eigenvalue weighted by atomic mass is 10.2. The Kier molecular flexibility index (Phi) is 3.24. The van der Waals surface area contributed by atoms with Crippen molar-refractivity contribution < 1.29 is 9.59 Å². The van der Waals surface area contributed by atoms with E-state index in [0.717, 1.165) is 17.7 Å². The summed E-state index contributed by atoms with van der Waals surface area (Å²) >= 11 is 1.71. The number of anilines is 1. The molecule has 20 heavy (non-hydrogen) atoms. The molecule has 4 nitrogen and oxygen atoms in total. The lowest BCUT2D eigenvalue weighted by molar-refractivity contribution is -0.135. The van der Waals surface area contributed by atoms with Gasteiger partial charge in [0, 0.05) is 17.9 Å². The van der Waals surface area contributed by atoms with Crippen molar-refractivity contribution in [2.75, 3.05) is 11.1 Å². The maximum absolute atomic E-state index is 12.4. The average molecular weight is 290 g/mol. The minimum absolute atomic E-state index is 0.0814. The van der Waals surface area contributed by atoms with Crippen LogP contribution in [-0.4, -0.2) is 33.4 Å². The summed E-state index contributed by atoms with van der Waals surface area (Å²) in [5.74, 6) is 0.698. The van der Waals surface area contributed by atoms with E-state index in [9.17, 15) is 9.59 Å². The molecule has 0 spiro atoms. The molecule has 2 aliphatic heterocycles. The molecule has 0 saturated carbocycles. The molecule has 2 aliphatic rings. The number of aryl methyl sites for hydroxylation is 1. The highest BCUT2D eigenvalue weighted by Gasteiger charge is 2.52. The van der Waals surface area contributed by atoms with Crippen molar-refractivity contribution in [3.05, 3.63) is 29.8 Å². The second-order valence-corrected chi connectivity index (χ2v) is 7.13. The molecule has 5 heteroatoms. The van der Waals surface area contributed by atoms with E-state index in [1.807, 2.05) is 31.2 Å². The molecule has 0 unspecified atom stereocenters. The van der Waals surface area contributed by atoms with E-state index in [0.29, 0.717) is 12.2 Å². The van der Waals surface area contributed by atoms with Crippen LogP contribution in [0.4, 0.5) is 5.69 Å². The van der Waals surface area contributed by atoms with Crippen LogP contribution in [0.1, 0.15) is 25.3 Å². The SMILES string of the molecule is Cc1cccc(NC(=O)[C@H]2CS[C@]3(C)CCC(=O)N23)c1. The summed E-state index contributed by atoms with van der Waals surface area (Å²) in [5, 5.41) is 2.93. The third-order valence-corrected chi connectivity index (χ3v) is 5.54. The number of benzene rings is 1. The zero-order valence-corrected chi connectivity index (χ0v) is 12.5. The Morgan fingerprint density at radius 2 is 2.30 bits per heavy atom. The van der Waals surface area contributed by atoms with Crippen molar-refractivity contribution >= 4 is 29.3 Å². The molecule has 2 heterocycles. The molecule has 2 atom stereocenters. The first kappa shape index (κ1) is 13.5. The van der Waals surface area contributed by atoms with Gasteiger partial charge in [-0.1, -0.05) is 12.1 Å². The predicted molar refractivity (Wildman–Crippen MR) is 80.5 cm³/mol. The Balaban J connectivity index is 1.76. The molecule has 0 aliphatic carbocycles. The first-order valence-electron chi connectivity index (χ1n) is 6.83. The summed E-state index contributed by atoms with van der Waals surface area (Å²) in [6, 6.07) is 7.37. The number of fused-ring (bicyclic) bond motifs is 1. The summed E-state index contributed by atoms with van der Waals surface area (Å²) in [4.78, 5) is 26.0. The van der Waals surface area contributed by atoms with E-state index in [1.165, 1.54) is 0 Å². The van der Waals surface area contributed by atoms with Crippen LogP contribution in [0.15, 0.2) is 24.3 Å². The number of carbonyl (C=O) groups excluding carboxylic acids is 2. The maximum Gasteiger partial charge on any atom is 0.248 e. The Bertz CT molecular complexity index is 575. The van der Waals surface area contributed by atoms with Crippen molar-refractivity contribution in [3.63, 3.8) is 0 Å². The fraction of sp³-hybridized carbons (Fsp3) is 0.467. The number of nitrogens with one attached hydrogen (secondary N) is 1. The molecular formula is C15H18N2O2S. The summed E-state index contributed by atoms with van der Waals surface area (Å²) in [7, 11) is 0. The Morgan fingerprint density at radius 3 is 3.05 bits per heavy atom. The van der Waals surface area contributed by atoms with Crippen LogP contribution in [-0.2, 0) is 9.59 Å². The highest BCUT2D eigenvalue weighted by molar-refractivity contribution is 8.01. The molecule has 106 valence electrons. The van der Waals surface area contributed by atoms with Gasteiger partial charge in [0.2, 0.25) is 11.8 Å². The van der Waals surface area contributed by atoms with Gasteiger partial charge in [-0.05, 0) is 38.0 Å². The normalized spacial score (nSPS) is 28.6. The third-order valence-electron chi connectivity index (χ3n) is 4.03. The fourth-order valence-corrected chi connectivity index (χ4v) is 4.39. The smallest absolute Gasteiger partial charge is 0.248 e. The van der Waals surface area contributed by atoms with Crippen LogP contribution in [0.25, 0.3) is 0 Å². The van der Waals surface area contributed by atoms with E-state index in [-0.39, 0.29) is 22.7 Å². The van der Waals surface area contributed by atoms with Crippen molar-refractivity contribution in [2.45, 2.75) is 37.6 Å². The molecular weight excluding hydrogens is 272 g/mol. The monoisotopic (exact) mass is 290 g/mol. The van der Waals surface area contributed by atoms with E-state index in [4.69, 9.17) is 0 Å².